The lowest BCUT2D eigenvalue weighted by molar-refractivity contribution is 0.414. The van der Waals surface area contributed by atoms with Gasteiger partial charge in [-0.25, -0.2) is 0 Å². The van der Waals surface area contributed by atoms with Crippen LogP contribution in [-0.2, 0) is 13.0 Å². The van der Waals surface area contributed by atoms with Gasteiger partial charge in [-0.15, -0.1) is 0 Å². The molecule has 0 unspecified atom stereocenters. The first-order chi connectivity index (χ1) is 12.1. The Kier molecular flexibility index (Phi) is 4.76. The second-order valence-corrected chi connectivity index (χ2v) is 6.14. The average molecular weight is 331 g/mol. The van der Waals surface area contributed by atoms with E-state index in [0.29, 0.717) is 24.3 Å². The smallest absolute Gasteiger partial charge is 0.122 e. The quantitative estimate of drug-likeness (QED) is 0.771. The summed E-state index contributed by atoms with van der Waals surface area (Å²) in [5, 5.41) is 9.47. The van der Waals surface area contributed by atoms with Gasteiger partial charge in [0.2, 0.25) is 0 Å². The fraction of sp³-hybridized carbons (Fsp3) is 0.190. The summed E-state index contributed by atoms with van der Waals surface area (Å²) in [5.41, 5.74) is 11.9. The summed E-state index contributed by atoms with van der Waals surface area (Å²) in [6.07, 6.45) is 0.698. The van der Waals surface area contributed by atoms with Gasteiger partial charge in [0.1, 0.15) is 17.5 Å². The maximum Gasteiger partial charge on any atom is 0.122 e. The summed E-state index contributed by atoms with van der Waals surface area (Å²) in [7, 11) is 1.65. The third kappa shape index (κ3) is 3.67. The highest BCUT2D eigenvalue weighted by Crippen LogP contribution is 2.24. The van der Waals surface area contributed by atoms with E-state index in [1.807, 2.05) is 28.8 Å². The molecule has 1 heterocycles. The highest BCUT2D eigenvalue weighted by molar-refractivity contribution is 5.52. The third-order valence-electron chi connectivity index (χ3n) is 4.35. The molecule has 0 atom stereocenters. The van der Waals surface area contributed by atoms with Crippen molar-refractivity contribution in [3.05, 3.63) is 82.7 Å². The number of ether oxygens (including phenoxy) is 1. The van der Waals surface area contributed by atoms with Gasteiger partial charge in [0.15, 0.2) is 0 Å². The molecule has 4 heteroatoms. The van der Waals surface area contributed by atoms with Crippen molar-refractivity contribution in [2.24, 2.45) is 0 Å². The minimum atomic E-state index is 0.579. The van der Waals surface area contributed by atoms with E-state index in [9.17, 15) is 5.26 Å². The number of aryl methyl sites for hydroxylation is 1. The summed E-state index contributed by atoms with van der Waals surface area (Å²) in [5.74, 6) is 0.816. The van der Waals surface area contributed by atoms with Gasteiger partial charge >= 0.3 is 0 Å². The number of aromatic nitrogens is 1. The number of anilines is 1. The zero-order valence-corrected chi connectivity index (χ0v) is 14.5. The van der Waals surface area contributed by atoms with Gasteiger partial charge in [0.05, 0.1) is 12.8 Å². The Balaban J connectivity index is 1.93. The van der Waals surface area contributed by atoms with Crippen LogP contribution in [0.5, 0.6) is 5.75 Å². The van der Waals surface area contributed by atoms with E-state index in [1.54, 1.807) is 13.2 Å². The molecule has 4 nitrogen and oxygen atoms in total. The van der Waals surface area contributed by atoms with E-state index < -0.39 is 0 Å². The first-order valence-corrected chi connectivity index (χ1v) is 8.17. The Hall–Kier alpha value is -3.19. The minimum absolute atomic E-state index is 0.579. The molecule has 25 heavy (non-hydrogen) atoms. The number of benzene rings is 2. The van der Waals surface area contributed by atoms with Gasteiger partial charge in [0.25, 0.3) is 0 Å². The number of nitrogens with zero attached hydrogens (tertiary/aromatic N) is 2. The molecule has 2 N–H and O–H groups in total. The predicted molar refractivity (Wildman–Crippen MR) is 99.6 cm³/mol. The Morgan fingerprint density at radius 2 is 1.68 bits per heavy atom. The summed E-state index contributed by atoms with van der Waals surface area (Å²) in [6.45, 7) is 2.67. The van der Waals surface area contributed by atoms with Crippen LogP contribution in [0.4, 0.5) is 5.69 Å². The molecule has 2 aromatic carbocycles. The van der Waals surface area contributed by atoms with Crippen molar-refractivity contribution in [2.45, 2.75) is 19.9 Å². The third-order valence-corrected chi connectivity index (χ3v) is 4.35. The van der Waals surface area contributed by atoms with E-state index >= 15 is 0 Å². The fourth-order valence-corrected chi connectivity index (χ4v) is 2.89. The zero-order valence-electron chi connectivity index (χ0n) is 14.5. The second-order valence-electron chi connectivity index (χ2n) is 6.14. The number of nitrogens with two attached hydrogens (primary N) is 1. The van der Waals surface area contributed by atoms with Crippen molar-refractivity contribution in [3.8, 4) is 11.8 Å². The molecule has 0 aliphatic rings. The van der Waals surface area contributed by atoms with Gasteiger partial charge in [0, 0.05) is 18.7 Å². The molecule has 3 aromatic rings. The highest BCUT2D eigenvalue weighted by atomic mass is 16.5. The number of rotatable bonds is 5. The van der Waals surface area contributed by atoms with Gasteiger partial charge < -0.3 is 15.0 Å². The molecular weight excluding hydrogens is 310 g/mol. The van der Waals surface area contributed by atoms with Gasteiger partial charge in [-0.05, 0) is 36.2 Å². The molecule has 0 saturated heterocycles. The van der Waals surface area contributed by atoms with E-state index in [2.05, 4.69) is 37.3 Å². The largest absolute Gasteiger partial charge is 0.497 e. The molecule has 1 aromatic heterocycles. The standard InChI is InChI=1S/C21H21N3O/c1-15-3-5-16(6-4-15)11-21-20(23)12-18(13-22)24(21)14-17-7-9-19(25-2)10-8-17/h3-10,12H,11,14,23H2,1-2H3. The fourth-order valence-electron chi connectivity index (χ4n) is 2.89. The van der Waals surface area contributed by atoms with Crippen LogP contribution in [0.1, 0.15) is 28.1 Å². The number of hydrogen-bond acceptors (Lipinski definition) is 3. The number of nitriles is 1. The average Bonchev–Trinajstić information content (AvgIpc) is 2.93. The summed E-state index contributed by atoms with van der Waals surface area (Å²) in [4.78, 5) is 0. The lowest BCUT2D eigenvalue weighted by Gasteiger charge is -2.12. The van der Waals surface area contributed by atoms with Gasteiger partial charge in [-0.2, -0.15) is 5.26 Å². The lowest BCUT2D eigenvalue weighted by Crippen LogP contribution is -2.08. The van der Waals surface area contributed by atoms with Crippen molar-refractivity contribution < 1.29 is 4.74 Å². The molecule has 0 fully saturated rings. The van der Waals surface area contributed by atoms with Crippen molar-refractivity contribution in [1.29, 1.82) is 5.26 Å². The highest BCUT2D eigenvalue weighted by Gasteiger charge is 2.14. The Labute approximate surface area is 148 Å². The zero-order chi connectivity index (χ0) is 17.8. The number of hydrogen-bond donors (Lipinski definition) is 1. The minimum Gasteiger partial charge on any atom is -0.497 e. The van der Waals surface area contributed by atoms with Crippen molar-refractivity contribution in [3.63, 3.8) is 0 Å². The normalized spacial score (nSPS) is 10.4. The van der Waals surface area contributed by atoms with Gasteiger partial charge in [-0.3, -0.25) is 0 Å². The lowest BCUT2D eigenvalue weighted by atomic mass is 10.1. The molecule has 0 saturated carbocycles. The molecule has 0 aliphatic heterocycles. The Morgan fingerprint density at radius 1 is 1.04 bits per heavy atom. The van der Waals surface area contributed by atoms with Crippen LogP contribution in [-0.4, -0.2) is 11.7 Å². The first kappa shape index (κ1) is 16.7. The van der Waals surface area contributed by atoms with Crippen molar-refractivity contribution >= 4 is 5.69 Å². The van der Waals surface area contributed by atoms with Crippen LogP contribution >= 0.6 is 0 Å². The van der Waals surface area contributed by atoms with Crippen LogP contribution in [0.3, 0.4) is 0 Å². The molecule has 0 aliphatic carbocycles. The summed E-state index contributed by atoms with van der Waals surface area (Å²) < 4.78 is 7.20. The number of methoxy groups -OCH3 is 1. The Morgan fingerprint density at radius 3 is 2.28 bits per heavy atom. The van der Waals surface area contributed by atoms with E-state index in [4.69, 9.17) is 10.5 Å². The van der Waals surface area contributed by atoms with Crippen LogP contribution in [0.25, 0.3) is 0 Å². The predicted octanol–water partition coefficient (Wildman–Crippen LogP) is 3.90. The van der Waals surface area contributed by atoms with Crippen LogP contribution in [0, 0.1) is 18.3 Å². The summed E-state index contributed by atoms with van der Waals surface area (Å²) in [6, 6.07) is 20.3. The second kappa shape index (κ2) is 7.14. The maximum atomic E-state index is 9.47. The van der Waals surface area contributed by atoms with Crippen molar-refractivity contribution in [2.75, 3.05) is 12.8 Å². The van der Waals surface area contributed by atoms with E-state index in [-0.39, 0.29) is 0 Å². The summed E-state index contributed by atoms with van der Waals surface area (Å²) >= 11 is 0. The van der Waals surface area contributed by atoms with Gasteiger partial charge in [-0.1, -0.05) is 42.0 Å². The molecule has 0 spiro atoms. The molecule has 0 amide bonds. The van der Waals surface area contributed by atoms with Crippen molar-refractivity contribution in [1.82, 2.24) is 4.57 Å². The first-order valence-electron chi connectivity index (χ1n) is 8.17. The molecular formula is C21H21N3O. The molecule has 0 radical (unpaired) electrons. The van der Waals surface area contributed by atoms with Crippen LogP contribution < -0.4 is 10.5 Å². The topological polar surface area (TPSA) is 64.0 Å². The van der Waals surface area contributed by atoms with E-state index in [0.717, 1.165) is 17.0 Å². The maximum absolute atomic E-state index is 9.47. The number of nitrogen functional groups attached to an aromatic ring is 1. The molecule has 126 valence electrons. The SMILES string of the molecule is COc1ccc(Cn2c(C#N)cc(N)c2Cc2ccc(C)cc2)cc1. The van der Waals surface area contributed by atoms with Crippen LogP contribution in [0.2, 0.25) is 0 Å². The monoisotopic (exact) mass is 331 g/mol. The van der Waals surface area contributed by atoms with E-state index in [1.165, 1.54) is 11.1 Å². The molecule has 0 bridgehead atoms. The Bertz CT molecular complexity index is 900. The van der Waals surface area contributed by atoms with Crippen LogP contribution in [0.15, 0.2) is 54.6 Å². The molecule has 3 rings (SSSR count).